The van der Waals surface area contributed by atoms with Crippen LogP contribution in [0.25, 0.3) is 16.6 Å². The van der Waals surface area contributed by atoms with Gasteiger partial charge in [-0.2, -0.15) is 0 Å². The molecule has 0 aliphatic carbocycles. The van der Waals surface area contributed by atoms with E-state index in [9.17, 15) is 9.59 Å². The van der Waals surface area contributed by atoms with Crippen molar-refractivity contribution in [1.29, 1.82) is 0 Å². The summed E-state index contributed by atoms with van der Waals surface area (Å²) < 4.78 is 7.87. The number of methoxy groups -OCH3 is 1. The molecule has 1 N–H and O–H groups in total. The maximum atomic E-state index is 13.3. The molecule has 0 aliphatic heterocycles. The zero-order valence-corrected chi connectivity index (χ0v) is 19.5. The summed E-state index contributed by atoms with van der Waals surface area (Å²) in [7, 11) is 1.57. The van der Waals surface area contributed by atoms with Crippen molar-refractivity contribution in [1.82, 2.24) is 9.55 Å². The first-order valence-corrected chi connectivity index (χ1v) is 11.5. The summed E-state index contributed by atoms with van der Waals surface area (Å²) in [5.41, 5.74) is 1.75. The molecule has 0 fully saturated rings. The summed E-state index contributed by atoms with van der Waals surface area (Å²) in [4.78, 5) is 30.5. The van der Waals surface area contributed by atoms with Crippen molar-refractivity contribution in [2.24, 2.45) is 0 Å². The number of carbonyl (C=O) groups excluding carboxylic acids is 1. The Bertz CT molecular complexity index is 1320. The van der Waals surface area contributed by atoms with Crippen LogP contribution in [0.1, 0.15) is 0 Å². The fourth-order valence-electron chi connectivity index (χ4n) is 3.08. The van der Waals surface area contributed by atoms with E-state index in [1.165, 1.54) is 16.3 Å². The van der Waals surface area contributed by atoms with Crippen LogP contribution in [-0.2, 0) is 4.79 Å². The minimum Gasteiger partial charge on any atom is -0.497 e. The average Bonchev–Trinajstić information content (AvgIpc) is 2.78. The summed E-state index contributed by atoms with van der Waals surface area (Å²) in [6.45, 7) is 0. The van der Waals surface area contributed by atoms with Crippen LogP contribution in [0.15, 0.2) is 82.7 Å². The number of nitrogens with one attached hydrogen (secondary N) is 1. The van der Waals surface area contributed by atoms with Gasteiger partial charge in [-0.15, -0.1) is 0 Å². The second-order valence-corrected chi connectivity index (χ2v) is 8.79. The standard InChI is InChI=1S/C23H18IN3O3S/c1-30-18-9-5-8-17(13-18)27-22(29)19-10-2-3-11-20(19)26-23(27)31-14-21(28)25-16-7-4-6-15(24)12-16/h2-13H,14H2,1H3,(H,25,28). The molecule has 0 atom stereocenters. The number of halogens is 1. The van der Waals surface area contributed by atoms with Crippen LogP contribution in [0.4, 0.5) is 5.69 Å². The number of thioether (sulfide) groups is 1. The first-order valence-electron chi connectivity index (χ1n) is 9.39. The summed E-state index contributed by atoms with van der Waals surface area (Å²) in [5.74, 6) is 0.566. The van der Waals surface area contributed by atoms with Gasteiger partial charge in [-0.05, 0) is 65.1 Å². The maximum absolute atomic E-state index is 13.3. The number of benzene rings is 3. The highest BCUT2D eigenvalue weighted by Gasteiger charge is 2.15. The van der Waals surface area contributed by atoms with Gasteiger partial charge < -0.3 is 10.1 Å². The van der Waals surface area contributed by atoms with Crippen LogP contribution < -0.4 is 15.6 Å². The molecule has 31 heavy (non-hydrogen) atoms. The van der Waals surface area contributed by atoms with Gasteiger partial charge in [-0.3, -0.25) is 14.2 Å². The molecule has 8 heteroatoms. The predicted molar refractivity (Wildman–Crippen MR) is 132 cm³/mol. The second-order valence-electron chi connectivity index (χ2n) is 6.60. The predicted octanol–water partition coefficient (Wildman–Crippen LogP) is 4.73. The summed E-state index contributed by atoms with van der Waals surface area (Å²) in [6.07, 6.45) is 0. The lowest BCUT2D eigenvalue weighted by Crippen LogP contribution is -2.23. The van der Waals surface area contributed by atoms with Crippen molar-refractivity contribution < 1.29 is 9.53 Å². The van der Waals surface area contributed by atoms with Gasteiger partial charge in [0.25, 0.3) is 5.56 Å². The number of nitrogens with zero attached hydrogens (tertiary/aromatic N) is 2. The topological polar surface area (TPSA) is 73.2 Å². The van der Waals surface area contributed by atoms with Crippen LogP contribution >= 0.6 is 34.4 Å². The average molecular weight is 543 g/mol. The van der Waals surface area contributed by atoms with E-state index in [2.05, 4.69) is 32.9 Å². The van der Waals surface area contributed by atoms with Crippen LogP contribution in [0.2, 0.25) is 0 Å². The monoisotopic (exact) mass is 543 g/mol. The molecule has 0 saturated carbocycles. The Balaban J connectivity index is 1.69. The minimum atomic E-state index is -0.195. The highest BCUT2D eigenvalue weighted by molar-refractivity contribution is 14.1. The van der Waals surface area contributed by atoms with Gasteiger partial charge in [-0.25, -0.2) is 4.98 Å². The molecule has 3 aromatic carbocycles. The van der Waals surface area contributed by atoms with Gasteiger partial charge in [0, 0.05) is 15.3 Å². The molecule has 0 saturated heterocycles. The highest BCUT2D eigenvalue weighted by atomic mass is 127. The molecule has 1 amide bonds. The Morgan fingerprint density at radius 1 is 1.10 bits per heavy atom. The third-order valence-electron chi connectivity index (χ3n) is 4.50. The zero-order chi connectivity index (χ0) is 21.8. The molecule has 0 radical (unpaired) electrons. The SMILES string of the molecule is COc1cccc(-n2c(SCC(=O)Nc3cccc(I)c3)nc3ccccc3c2=O)c1. The van der Waals surface area contributed by atoms with Gasteiger partial charge >= 0.3 is 0 Å². The van der Waals surface area contributed by atoms with Crippen molar-refractivity contribution in [3.05, 3.63) is 86.7 Å². The number of amides is 1. The Labute approximate surface area is 196 Å². The van der Waals surface area contributed by atoms with Crippen molar-refractivity contribution in [2.45, 2.75) is 5.16 Å². The Hall–Kier alpha value is -2.85. The normalized spacial score (nSPS) is 10.8. The molecular weight excluding hydrogens is 525 g/mol. The number of aromatic nitrogens is 2. The van der Waals surface area contributed by atoms with Crippen molar-refractivity contribution in [3.63, 3.8) is 0 Å². The van der Waals surface area contributed by atoms with Gasteiger partial charge in [-0.1, -0.05) is 36.0 Å². The van der Waals surface area contributed by atoms with Crippen LogP contribution in [0.3, 0.4) is 0 Å². The van der Waals surface area contributed by atoms with Crippen molar-refractivity contribution in [2.75, 3.05) is 18.2 Å². The van der Waals surface area contributed by atoms with E-state index in [1.54, 1.807) is 25.3 Å². The molecule has 4 rings (SSSR count). The number of hydrogen-bond donors (Lipinski definition) is 1. The molecule has 0 aliphatic rings. The molecule has 0 unspecified atom stereocenters. The number of para-hydroxylation sites is 1. The van der Waals surface area contributed by atoms with E-state index in [0.29, 0.717) is 27.5 Å². The van der Waals surface area contributed by atoms with Gasteiger partial charge in [0.15, 0.2) is 5.16 Å². The lowest BCUT2D eigenvalue weighted by Gasteiger charge is -2.14. The molecule has 0 spiro atoms. The smallest absolute Gasteiger partial charge is 0.266 e. The third-order valence-corrected chi connectivity index (χ3v) is 6.11. The number of anilines is 1. The van der Waals surface area contributed by atoms with Gasteiger partial charge in [0.05, 0.1) is 29.5 Å². The minimum absolute atomic E-state index is 0.111. The lowest BCUT2D eigenvalue weighted by atomic mass is 10.2. The lowest BCUT2D eigenvalue weighted by molar-refractivity contribution is -0.113. The number of carbonyl (C=O) groups is 1. The quantitative estimate of drug-likeness (QED) is 0.216. The van der Waals surface area contributed by atoms with E-state index < -0.39 is 0 Å². The highest BCUT2D eigenvalue weighted by Crippen LogP contribution is 2.24. The number of rotatable bonds is 6. The second kappa shape index (κ2) is 9.52. The van der Waals surface area contributed by atoms with Crippen LogP contribution in [0.5, 0.6) is 5.75 Å². The number of hydrogen-bond acceptors (Lipinski definition) is 5. The van der Waals surface area contributed by atoms with E-state index in [1.807, 2.05) is 54.6 Å². The largest absolute Gasteiger partial charge is 0.497 e. The summed E-state index contributed by atoms with van der Waals surface area (Å²) >= 11 is 3.41. The van der Waals surface area contributed by atoms with Crippen LogP contribution in [-0.4, -0.2) is 28.3 Å². The van der Waals surface area contributed by atoms with E-state index in [-0.39, 0.29) is 17.2 Å². The maximum Gasteiger partial charge on any atom is 0.266 e. The van der Waals surface area contributed by atoms with E-state index in [0.717, 1.165) is 9.26 Å². The van der Waals surface area contributed by atoms with Gasteiger partial charge in [0.2, 0.25) is 5.91 Å². The third kappa shape index (κ3) is 4.91. The summed E-state index contributed by atoms with van der Waals surface area (Å²) in [6, 6.07) is 22.0. The van der Waals surface area contributed by atoms with E-state index >= 15 is 0 Å². The zero-order valence-electron chi connectivity index (χ0n) is 16.5. The Morgan fingerprint density at radius 3 is 2.71 bits per heavy atom. The van der Waals surface area contributed by atoms with Crippen LogP contribution in [0, 0.1) is 3.57 Å². The van der Waals surface area contributed by atoms with Crippen molar-refractivity contribution in [3.8, 4) is 11.4 Å². The molecular formula is C23H18IN3O3S. The molecule has 4 aromatic rings. The fourth-order valence-corrected chi connectivity index (χ4v) is 4.44. The first kappa shape index (κ1) is 21.4. The molecule has 1 aromatic heterocycles. The molecule has 6 nitrogen and oxygen atoms in total. The molecule has 1 heterocycles. The molecule has 156 valence electrons. The van der Waals surface area contributed by atoms with Crippen molar-refractivity contribution >= 4 is 56.9 Å². The number of ether oxygens (including phenoxy) is 1. The Morgan fingerprint density at radius 2 is 1.90 bits per heavy atom. The molecule has 0 bridgehead atoms. The number of fused-ring (bicyclic) bond motifs is 1. The summed E-state index contributed by atoms with van der Waals surface area (Å²) in [5, 5.41) is 3.83. The Kier molecular flexibility index (Phi) is 6.57. The fraction of sp³-hybridized carbons (Fsp3) is 0.0870. The van der Waals surface area contributed by atoms with Gasteiger partial charge in [0.1, 0.15) is 5.75 Å². The first-order chi connectivity index (χ1) is 15.0. The van der Waals surface area contributed by atoms with E-state index in [4.69, 9.17) is 4.74 Å².